The first-order valence-electron chi connectivity index (χ1n) is 3.66. The minimum Gasteiger partial charge on any atom is -0.493 e. The highest BCUT2D eigenvalue weighted by atomic mass is 35.5. The molecule has 1 aromatic carbocycles. The van der Waals surface area contributed by atoms with Crippen molar-refractivity contribution in [1.82, 2.24) is 4.98 Å². The minimum absolute atomic E-state index is 0.0569. The minimum atomic E-state index is -0.284. The van der Waals surface area contributed by atoms with Gasteiger partial charge in [0.2, 0.25) is 5.88 Å². The molecular weight excluding hydrogens is 227 g/mol. The van der Waals surface area contributed by atoms with Crippen LogP contribution in [0.25, 0.3) is 10.9 Å². The maximum absolute atomic E-state index is 10.4. The molecule has 0 atom stereocenters. The Morgan fingerprint density at radius 3 is 2.57 bits per heavy atom. The Morgan fingerprint density at radius 1 is 1.29 bits per heavy atom. The lowest BCUT2D eigenvalue weighted by molar-refractivity contribution is 0.460. The van der Waals surface area contributed by atoms with Gasteiger partial charge in [0.05, 0.1) is 15.6 Å². The Bertz CT molecular complexity index is 522. The van der Waals surface area contributed by atoms with Crippen molar-refractivity contribution >= 4 is 39.8 Å². The van der Waals surface area contributed by atoms with Gasteiger partial charge in [0.1, 0.15) is 0 Å². The topological polar surface area (TPSA) is 65.4 Å². The molecule has 0 aliphatic rings. The predicted octanol–water partition coefficient (Wildman–Crippen LogP) is 3.58. The summed E-state index contributed by atoms with van der Waals surface area (Å²) < 4.78 is 0. The number of fused-ring (bicyclic) bond motifs is 1. The van der Waals surface area contributed by atoms with Crippen molar-refractivity contribution in [2.24, 2.45) is 5.18 Å². The summed E-state index contributed by atoms with van der Waals surface area (Å²) in [5, 5.41) is 13.1. The number of halogens is 2. The Labute approximate surface area is 88.4 Å². The van der Waals surface area contributed by atoms with E-state index in [1.165, 1.54) is 12.1 Å². The van der Waals surface area contributed by atoms with Crippen molar-refractivity contribution in [2.45, 2.75) is 0 Å². The van der Waals surface area contributed by atoms with Crippen LogP contribution >= 0.6 is 23.2 Å². The lowest BCUT2D eigenvalue weighted by Gasteiger charge is -1.94. The molecular formula is C8H4Cl2N2O2. The van der Waals surface area contributed by atoms with Crippen LogP contribution in [0.4, 0.5) is 5.69 Å². The third kappa shape index (κ3) is 1.23. The van der Waals surface area contributed by atoms with Gasteiger partial charge >= 0.3 is 0 Å². The predicted molar refractivity (Wildman–Crippen MR) is 55.4 cm³/mol. The molecule has 0 radical (unpaired) electrons. The van der Waals surface area contributed by atoms with E-state index in [2.05, 4.69) is 10.2 Å². The van der Waals surface area contributed by atoms with E-state index in [0.29, 0.717) is 20.9 Å². The Kier molecular flexibility index (Phi) is 2.09. The van der Waals surface area contributed by atoms with Crippen molar-refractivity contribution in [2.75, 3.05) is 0 Å². The van der Waals surface area contributed by atoms with Gasteiger partial charge in [-0.25, -0.2) is 0 Å². The number of hydrogen-bond donors (Lipinski definition) is 2. The van der Waals surface area contributed by atoms with Crippen LogP contribution in [0.15, 0.2) is 17.3 Å². The zero-order valence-corrected chi connectivity index (χ0v) is 8.23. The first-order chi connectivity index (χ1) is 6.63. The van der Waals surface area contributed by atoms with Crippen LogP contribution in [0.2, 0.25) is 10.0 Å². The molecule has 0 saturated heterocycles. The number of aromatic hydroxyl groups is 1. The van der Waals surface area contributed by atoms with Crippen LogP contribution in [-0.2, 0) is 0 Å². The molecule has 1 aromatic heterocycles. The van der Waals surface area contributed by atoms with E-state index >= 15 is 0 Å². The molecule has 2 N–H and O–H groups in total. The van der Waals surface area contributed by atoms with Gasteiger partial charge in [-0.05, 0) is 17.3 Å². The largest absolute Gasteiger partial charge is 0.493 e. The number of nitrogens with one attached hydrogen (secondary N) is 1. The maximum Gasteiger partial charge on any atom is 0.219 e. The van der Waals surface area contributed by atoms with Crippen molar-refractivity contribution in [3.63, 3.8) is 0 Å². The standard InChI is InChI=1S/C8H4Cl2N2O2/c9-4-1-3-6(2-5(4)10)11-8(13)7(3)12-14/h1-2,11,13H. The van der Waals surface area contributed by atoms with Crippen LogP contribution in [0, 0.1) is 4.91 Å². The Morgan fingerprint density at radius 2 is 1.93 bits per heavy atom. The van der Waals surface area contributed by atoms with Gasteiger partial charge in [0.25, 0.3) is 0 Å². The molecule has 72 valence electrons. The molecule has 1 heterocycles. The van der Waals surface area contributed by atoms with Gasteiger partial charge in [0.15, 0.2) is 5.69 Å². The van der Waals surface area contributed by atoms with Crippen LogP contribution < -0.4 is 0 Å². The average molecular weight is 231 g/mol. The number of rotatable bonds is 1. The molecule has 0 spiro atoms. The second-order valence-corrected chi connectivity index (χ2v) is 3.54. The van der Waals surface area contributed by atoms with Crippen LogP contribution in [0.5, 0.6) is 5.88 Å². The van der Waals surface area contributed by atoms with E-state index in [-0.39, 0.29) is 11.6 Å². The highest BCUT2D eigenvalue weighted by Gasteiger charge is 2.13. The molecule has 0 saturated carbocycles. The fraction of sp³-hybridized carbons (Fsp3) is 0. The molecule has 0 aliphatic carbocycles. The second-order valence-electron chi connectivity index (χ2n) is 2.73. The van der Waals surface area contributed by atoms with Gasteiger partial charge in [-0.15, -0.1) is 4.91 Å². The molecule has 4 nitrogen and oxygen atoms in total. The number of hydrogen-bond acceptors (Lipinski definition) is 3. The van der Waals surface area contributed by atoms with Gasteiger partial charge in [-0.3, -0.25) is 0 Å². The van der Waals surface area contributed by atoms with Crippen LogP contribution in [0.3, 0.4) is 0 Å². The highest BCUT2D eigenvalue weighted by molar-refractivity contribution is 6.42. The monoisotopic (exact) mass is 230 g/mol. The summed E-state index contributed by atoms with van der Waals surface area (Å²) in [5.74, 6) is -0.284. The average Bonchev–Trinajstić information content (AvgIpc) is 2.42. The van der Waals surface area contributed by atoms with E-state index < -0.39 is 0 Å². The van der Waals surface area contributed by atoms with Crippen molar-refractivity contribution in [1.29, 1.82) is 0 Å². The molecule has 0 fully saturated rings. The highest BCUT2D eigenvalue weighted by Crippen LogP contribution is 2.38. The number of aromatic nitrogens is 1. The van der Waals surface area contributed by atoms with Crippen molar-refractivity contribution in [3.8, 4) is 5.88 Å². The van der Waals surface area contributed by atoms with E-state index in [1.54, 1.807) is 0 Å². The number of aromatic amines is 1. The SMILES string of the molecule is O=Nc1c(O)[nH]c2cc(Cl)c(Cl)cc12. The molecule has 2 rings (SSSR count). The van der Waals surface area contributed by atoms with Crippen LogP contribution in [0.1, 0.15) is 0 Å². The maximum atomic E-state index is 10.4. The summed E-state index contributed by atoms with van der Waals surface area (Å²) in [6.07, 6.45) is 0. The smallest absolute Gasteiger partial charge is 0.219 e. The van der Waals surface area contributed by atoms with Gasteiger partial charge in [-0.2, -0.15) is 0 Å². The van der Waals surface area contributed by atoms with Crippen molar-refractivity contribution < 1.29 is 5.11 Å². The first kappa shape index (κ1) is 9.30. The van der Waals surface area contributed by atoms with E-state index in [4.69, 9.17) is 23.2 Å². The lowest BCUT2D eigenvalue weighted by Crippen LogP contribution is -1.70. The number of benzene rings is 1. The number of nitrogens with zero attached hydrogens (tertiary/aromatic N) is 1. The molecule has 2 aromatic rings. The summed E-state index contributed by atoms with van der Waals surface area (Å²) in [6.45, 7) is 0. The van der Waals surface area contributed by atoms with Gasteiger partial charge in [0, 0.05) is 5.39 Å². The number of H-pyrrole nitrogens is 1. The summed E-state index contributed by atoms with van der Waals surface area (Å²) in [4.78, 5) is 13.0. The Hall–Kier alpha value is -1.26. The molecule has 0 aliphatic heterocycles. The quantitative estimate of drug-likeness (QED) is 0.736. The molecule has 14 heavy (non-hydrogen) atoms. The molecule has 0 amide bonds. The van der Waals surface area contributed by atoms with Gasteiger partial charge < -0.3 is 10.1 Å². The van der Waals surface area contributed by atoms with E-state index in [9.17, 15) is 10.0 Å². The fourth-order valence-electron chi connectivity index (χ4n) is 1.25. The summed E-state index contributed by atoms with van der Waals surface area (Å²) >= 11 is 11.5. The summed E-state index contributed by atoms with van der Waals surface area (Å²) in [7, 11) is 0. The second kappa shape index (κ2) is 3.15. The lowest BCUT2D eigenvalue weighted by atomic mass is 10.2. The fourth-order valence-corrected chi connectivity index (χ4v) is 1.58. The first-order valence-corrected chi connectivity index (χ1v) is 4.42. The third-order valence-electron chi connectivity index (χ3n) is 1.88. The van der Waals surface area contributed by atoms with Gasteiger partial charge in [-0.1, -0.05) is 23.2 Å². The normalized spacial score (nSPS) is 10.7. The molecule has 0 bridgehead atoms. The number of nitroso groups, excluding NO2 is 1. The van der Waals surface area contributed by atoms with Crippen molar-refractivity contribution in [3.05, 3.63) is 27.1 Å². The van der Waals surface area contributed by atoms with E-state index in [0.717, 1.165) is 0 Å². The Balaban J connectivity index is 2.89. The third-order valence-corrected chi connectivity index (χ3v) is 2.61. The van der Waals surface area contributed by atoms with E-state index in [1.807, 2.05) is 0 Å². The zero-order chi connectivity index (χ0) is 10.3. The molecule has 6 heteroatoms. The summed E-state index contributed by atoms with van der Waals surface area (Å²) in [5.41, 5.74) is 0.463. The summed E-state index contributed by atoms with van der Waals surface area (Å²) in [6, 6.07) is 3.00. The van der Waals surface area contributed by atoms with Crippen LogP contribution in [-0.4, -0.2) is 10.1 Å². The zero-order valence-electron chi connectivity index (χ0n) is 6.71. The molecule has 0 unspecified atom stereocenters.